The Kier molecular flexibility index (Phi) is 3.92. The molecule has 82 valence electrons. The summed E-state index contributed by atoms with van der Waals surface area (Å²) < 4.78 is 25.0. The summed E-state index contributed by atoms with van der Waals surface area (Å²) >= 11 is 8.14. The van der Waals surface area contributed by atoms with Crippen LogP contribution in [-0.2, 0) is 5.88 Å². The number of aromatic nitrogens is 1. The molecule has 0 bridgehead atoms. The molecule has 0 aliphatic heterocycles. The summed E-state index contributed by atoms with van der Waals surface area (Å²) in [4.78, 5) is 13.2. The normalized spacial score (nSPS) is 10.7. The highest BCUT2D eigenvalue weighted by molar-refractivity contribution is 9.10. The van der Waals surface area contributed by atoms with Crippen molar-refractivity contribution in [3.8, 4) is 0 Å². The molecule has 1 aromatic heterocycles. The van der Waals surface area contributed by atoms with Crippen molar-refractivity contribution in [2.24, 2.45) is 0 Å². The zero-order valence-electron chi connectivity index (χ0n) is 7.08. The molecule has 8 heteroatoms. The highest BCUT2D eigenvalue weighted by Crippen LogP contribution is 2.36. The van der Waals surface area contributed by atoms with E-state index in [9.17, 15) is 18.9 Å². The molecule has 0 radical (unpaired) electrons. The van der Waals surface area contributed by atoms with Gasteiger partial charge >= 0.3 is 5.69 Å². The quantitative estimate of drug-likeness (QED) is 0.372. The molecule has 4 nitrogen and oxygen atoms in total. The van der Waals surface area contributed by atoms with Gasteiger partial charge in [-0.15, -0.1) is 11.6 Å². The van der Waals surface area contributed by atoms with Crippen molar-refractivity contribution >= 4 is 33.2 Å². The second-order valence-corrected chi connectivity index (χ2v) is 3.55. The van der Waals surface area contributed by atoms with Crippen molar-refractivity contribution in [2.45, 2.75) is 12.3 Å². The maximum Gasteiger partial charge on any atom is 0.311 e. The Labute approximate surface area is 96.5 Å². The number of nitro groups is 1. The van der Waals surface area contributed by atoms with Crippen molar-refractivity contribution in [1.29, 1.82) is 0 Å². The number of hydrogen-bond acceptors (Lipinski definition) is 3. The summed E-state index contributed by atoms with van der Waals surface area (Å²) in [6.45, 7) is 0. The molecule has 1 aromatic rings. The minimum Gasteiger partial charge on any atom is -0.258 e. The number of nitrogens with zero attached hydrogens (tertiary/aromatic N) is 2. The molecule has 0 saturated carbocycles. The van der Waals surface area contributed by atoms with Gasteiger partial charge in [0.05, 0.1) is 4.92 Å². The van der Waals surface area contributed by atoms with E-state index in [0.29, 0.717) is 0 Å². The predicted molar refractivity (Wildman–Crippen MR) is 53.1 cm³/mol. The lowest BCUT2D eigenvalue weighted by Gasteiger charge is -2.07. The molecule has 0 saturated heterocycles. The lowest BCUT2D eigenvalue weighted by atomic mass is 10.1. The van der Waals surface area contributed by atoms with Gasteiger partial charge in [-0.1, -0.05) is 0 Å². The summed E-state index contributed by atoms with van der Waals surface area (Å²) in [7, 11) is 0. The van der Waals surface area contributed by atoms with Gasteiger partial charge < -0.3 is 0 Å². The Balaban J connectivity index is 3.51. The molecule has 1 rings (SSSR count). The van der Waals surface area contributed by atoms with Crippen LogP contribution in [0.2, 0.25) is 0 Å². The monoisotopic (exact) mass is 300 g/mol. The highest BCUT2D eigenvalue weighted by atomic mass is 79.9. The highest BCUT2D eigenvalue weighted by Gasteiger charge is 2.28. The van der Waals surface area contributed by atoms with Gasteiger partial charge in [0.2, 0.25) is 0 Å². The summed E-state index contributed by atoms with van der Waals surface area (Å²) in [5, 5.41) is 10.6. The predicted octanol–water partition coefficient (Wildman–Crippen LogP) is 3.43. The van der Waals surface area contributed by atoms with Gasteiger partial charge in [-0.05, 0) is 15.9 Å². The third-order valence-electron chi connectivity index (χ3n) is 1.67. The van der Waals surface area contributed by atoms with E-state index in [-0.39, 0.29) is 16.0 Å². The van der Waals surface area contributed by atoms with Crippen LogP contribution in [-0.4, -0.2) is 9.91 Å². The fraction of sp³-hybridized carbons (Fsp3) is 0.286. The van der Waals surface area contributed by atoms with Crippen molar-refractivity contribution in [3.63, 3.8) is 0 Å². The van der Waals surface area contributed by atoms with E-state index in [1.807, 2.05) is 0 Å². The SMILES string of the molecule is O=[N+]([O-])c1c(Br)ncc(CCl)c1C(F)F. The molecular weight excluding hydrogens is 297 g/mol. The Bertz CT molecular complexity index is 403. The van der Waals surface area contributed by atoms with Gasteiger partial charge in [0.1, 0.15) is 5.56 Å². The Morgan fingerprint density at radius 1 is 1.67 bits per heavy atom. The maximum absolute atomic E-state index is 12.6. The van der Waals surface area contributed by atoms with Crippen LogP contribution in [0.3, 0.4) is 0 Å². The zero-order chi connectivity index (χ0) is 11.6. The standard InChI is InChI=1S/C7H4BrClF2N2O2/c8-6-5(13(14)15)4(7(10)11)3(1-9)2-12-6/h2,7H,1H2. The van der Waals surface area contributed by atoms with Gasteiger partial charge in [-0.25, -0.2) is 13.8 Å². The van der Waals surface area contributed by atoms with Gasteiger partial charge in [0, 0.05) is 17.6 Å². The lowest BCUT2D eigenvalue weighted by Crippen LogP contribution is -2.02. The Morgan fingerprint density at radius 3 is 2.67 bits per heavy atom. The lowest BCUT2D eigenvalue weighted by molar-refractivity contribution is -0.387. The molecule has 0 atom stereocenters. The molecule has 0 spiro atoms. The van der Waals surface area contributed by atoms with Crippen molar-refractivity contribution in [1.82, 2.24) is 4.98 Å². The number of halogens is 4. The van der Waals surface area contributed by atoms with Crippen LogP contribution in [0.4, 0.5) is 14.5 Å². The molecule has 0 aliphatic carbocycles. The number of pyridine rings is 1. The largest absolute Gasteiger partial charge is 0.311 e. The van der Waals surface area contributed by atoms with Crippen molar-refractivity contribution in [3.05, 3.63) is 32.0 Å². The fourth-order valence-electron chi connectivity index (χ4n) is 1.05. The first-order chi connectivity index (χ1) is 6.99. The second kappa shape index (κ2) is 4.80. The summed E-state index contributed by atoms with van der Waals surface area (Å²) in [6, 6.07) is 0. The molecule has 0 unspecified atom stereocenters. The van der Waals surface area contributed by atoms with Crippen LogP contribution in [0.15, 0.2) is 10.8 Å². The first-order valence-electron chi connectivity index (χ1n) is 3.64. The third kappa shape index (κ3) is 2.40. The summed E-state index contributed by atoms with van der Waals surface area (Å²) in [6.07, 6.45) is -1.87. The molecule has 0 N–H and O–H groups in total. The number of rotatable bonds is 3. The fourth-order valence-corrected chi connectivity index (χ4v) is 1.73. The van der Waals surface area contributed by atoms with E-state index >= 15 is 0 Å². The zero-order valence-corrected chi connectivity index (χ0v) is 9.43. The smallest absolute Gasteiger partial charge is 0.258 e. The first kappa shape index (κ1) is 12.3. The van der Waals surface area contributed by atoms with Crippen LogP contribution in [0.1, 0.15) is 17.6 Å². The van der Waals surface area contributed by atoms with Crippen molar-refractivity contribution < 1.29 is 13.7 Å². The van der Waals surface area contributed by atoms with Crippen LogP contribution in [0, 0.1) is 10.1 Å². The van der Waals surface area contributed by atoms with Crippen LogP contribution in [0.5, 0.6) is 0 Å². The van der Waals surface area contributed by atoms with Crippen LogP contribution >= 0.6 is 27.5 Å². The molecule has 0 amide bonds. The van der Waals surface area contributed by atoms with Crippen LogP contribution < -0.4 is 0 Å². The second-order valence-electron chi connectivity index (χ2n) is 2.53. The Hall–Kier alpha value is -0.820. The van der Waals surface area contributed by atoms with E-state index in [1.54, 1.807) is 0 Å². The molecule has 15 heavy (non-hydrogen) atoms. The van der Waals surface area contributed by atoms with E-state index in [1.165, 1.54) is 0 Å². The number of alkyl halides is 3. The summed E-state index contributed by atoms with van der Waals surface area (Å²) in [5.41, 5.74) is -1.46. The van der Waals surface area contributed by atoms with E-state index in [0.717, 1.165) is 6.20 Å². The van der Waals surface area contributed by atoms with Crippen LogP contribution in [0.25, 0.3) is 0 Å². The average Bonchev–Trinajstić information content (AvgIpc) is 2.16. The van der Waals surface area contributed by atoms with E-state index in [4.69, 9.17) is 11.6 Å². The molecule has 0 fully saturated rings. The third-order valence-corrected chi connectivity index (χ3v) is 2.54. The van der Waals surface area contributed by atoms with Gasteiger partial charge in [0.15, 0.2) is 4.60 Å². The molecule has 0 aliphatic rings. The van der Waals surface area contributed by atoms with E-state index in [2.05, 4.69) is 20.9 Å². The van der Waals surface area contributed by atoms with Crippen molar-refractivity contribution in [2.75, 3.05) is 0 Å². The maximum atomic E-state index is 12.6. The summed E-state index contributed by atoms with van der Waals surface area (Å²) in [5.74, 6) is -0.249. The topological polar surface area (TPSA) is 56.0 Å². The average molecular weight is 301 g/mol. The van der Waals surface area contributed by atoms with E-state index < -0.39 is 22.6 Å². The Morgan fingerprint density at radius 2 is 2.27 bits per heavy atom. The molecule has 0 aromatic carbocycles. The van der Waals surface area contributed by atoms with Gasteiger partial charge in [-0.3, -0.25) is 10.1 Å². The minimum absolute atomic E-state index is 0.0402. The molecular formula is C7H4BrClF2N2O2. The first-order valence-corrected chi connectivity index (χ1v) is 4.97. The number of hydrogen-bond donors (Lipinski definition) is 0. The minimum atomic E-state index is -2.96. The van der Waals surface area contributed by atoms with Gasteiger partial charge in [-0.2, -0.15) is 0 Å². The molecule has 1 heterocycles. The van der Waals surface area contributed by atoms with Gasteiger partial charge in [0.25, 0.3) is 6.43 Å².